The van der Waals surface area contributed by atoms with E-state index in [0.717, 1.165) is 34.7 Å². The Labute approximate surface area is 180 Å². The van der Waals surface area contributed by atoms with E-state index in [2.05, 4.69) is 34.0 Å². The molecule has 0 radical (unpaired) electrons. The summed E-state index contributed by atoms with van der Waals surface area (Å²) in [5, 5.41) is 4.25. The number of aromatic amines is 1. The van der Waals surface area contributed by atoms with E-state index in [1.807, 2.05) is 30.3 Å². The summed E-state index contributed by atoms with van der Waals surface area (Å²) < 4.78 is 13.3. The molecular formula is C23H27FN4OS. The largest absolute Gasteiger partial charge is 0.354 e. The lowest BCUT2D eigenvalue weighted by atomic mass is 10.1. The fourth-order valence-corrected chi connectivity index (χ4v) is 5.18. The van der Waals surface area contributed by atoms with Crippen LogP contribution >= 0.6 is 11.8 Å². The average molecular weight is 427 g/mol. The Balaban J connectivity index is 1.36. The fourth-order valence-electron chi connectivity index (χ4n) is 4.02. The van der Waals surface area contributed by atoms with Crippen LogP contribution in [0.25, 0.3) is 11.0 Å². The van der Waals surface area contributed by atoms with Crippen LogP contribution in [0.3, 0.4) is 0 Å². The van der Waals surface area contributed by atoms with E-state index < -0.39 is 0 Å². The molecule has 1 aliphatic heterocycles. The minimum atomic E-state index is -0.244. The van der Waals surface area contributed by atoms with Crippen molar-refractivity contribution in [2.45, 2.75) is 49.2 Å². The molecule has 30 heavy (non-hydrogen) atoms. The summed E-state index contributed by atoms with van der Waals surface area (Å²) in [4.78, 5) is 23.2. The van der Waals surface area contributed by atoms with Crippen LogP contribution in [0.1, 0.15) is 25.8 Å². The molecule has 7 heteroatoms. The second-order valence-corrected chi connectivity index (χ2v) is 9.30. The predicted octanol–water partition coefficient (Wildman–Crippen LogP) is 4.00. The Morgan fingerprint density at radius 1 is 1.30 bits per heavy atom. The number of carbonyl (C=O) groups is 1. The van der Waals surface area contributed by atoms with Gasteiger partial charge < -0.3 is 10.3 Å². The molecule has 0 spiro atoms. The van der Waals surface area contributed by atoms with Crippen LogP contribution < -0.4 is 5.32 Å². The number of benzene rings is 2. The molecule has 1 aliphatic rings. The Morgan fingerprint density at radius 3 is 2.90 bits per heavy atom. The van der Waals surface area contributed by atoms with Crippen molar-refractivity contribution in [3.63, 3.8) is 0 Å². The number of imidazole rings is 1. The van der Waals surface area contributed by atoms with Gasteiger partial charge in [-0.3, -0.25) is 9.69 Å². The molecule has 2 aromatic carbocycles. The maximum Gasteiger partial charge on any atom is 0.237 e. The number of carbonyl (C=O) groups excluding carboxylic acids is 1. The first-order chi connectivity index (χ1) is 14.5. The van der Waals surface area contributed by atoms with Crippen LogP contribution in [0.4, 0.5) is 4.39 Å². The highest BCUT2D eigenvalue weighted by Crippen LogP contribution is 2.33. The van der Waals surface area contributed by atoms with Crippen molar-refractivity contribution < 1.29 is 9.18 Å². The number of H-pyrrole nitrogens is 1. The van der Waals surface area contributed by atoms with Gasteiger partial charge in [-0.25, -0.2) is 9.37 Å². The summed E-state index contributed by atoms with van der Waals surface area (Å²) in [6.45, 7) is 5.61. The van der Waals surface area contributed by atoms with Gasteiger partial charge in [0.25, 0.3) is 0 Å². The summed E-state index contributed by atoms with van der Waals surface area (Å²) in [7, 11) is 0. The van der Waals surface area contributed by atoms with Gasteiger partial charge in [0.05, 0.1) is 17.1 Å². The molecule has 1 amide bonds. The van der Waals surface area contributed by atoms with Crippen LogP contribution in [0.15, 0.2) is 53.7 Å². The first-order valence-corrected chi connectivity index (χ1v) is 11.3. The van der Waals surface area contributed by atoms with E-state index in [1.165, 1.54) is 12.1 Å². The third kappa shape index (κ3) is 4.84. The Morgan fingerprint density at radius 2 is 2.13 bits per heavy atom. The van der Waals surface area contributed by atoms with Gasteiger partial charge >= 0.3 is 0 Å². The lowest BCUT2D eigenvalue weighted by molar-refractivity contribution is -0.125. The number of nitrogens with one attached hydrogen (secondary N) is 2. The zero-order chi connectivity index (χ0) is 21.1. The quantitative estimate of drug-likeness (QED) is 0.599. The second-order valence-electron chi connectivity index (χ2n) is 8.01. The van der Waals surface area contributed by atoms with E-state index in [9.17, 15) is 9.18 Å². The minimum Gasteiger partial charge on any atom is -0.354 e. The Bertz CT molecular complexity index is 988. The third-order valence-electron chi connectivity index (χ3n) is 5.51. The van der Waals surface area contributed by atoms with Crippen molar-refractivity contribution >= 4 is 28.7 Å². The van der Waals surface area contributed by atoms with Crippen molar-refractivity contribution in [1.82, 2.24) is 20.2 Å². The van der Waals surface area contributed by atoms with Crippen LogP contribution in [-0.4, -0.2) is 51.2 Å². The van der Waals surface area contributed by atoms with Gasteiger partial charge in [0.1, 0.15) is 5.82 Å². The molecular weight excluding hydrogens is 399 g/mol. The maximum absolute atomic E-state index is 13.3. The van der Waals surface area contributed by atoms with Gasteiger partial charge in [0.15, 0.2) is 5.16 Å². The summed E-state index contributed by atoms with van der Waals surface area (Å²) >= 11 is 1.71. The highest BCUT2D eigenvalue weighted by atomic mass is 32.2. The molecule has 2 atom stereocenters. The van der Waals surface area contributed by atoms with E-state index in [4.69, 9.17) is 0 Å². The number of halogens is 1. The molecule has 1 fully saturated rings. The molecule has 0 bridgehead atoms. The van der Waals surface area contributed by atoms with Crippen molar-refractivity contribution in [3.05, 3.63) is 59.9 Å². The normalized spacial score (nSPS) is 19.6. The molecule has 4 rings (SSSR count). The molecule has 2 N–H and O–H groups in total. The predicted molar refractivity (Wildman–Crippen MR) is 119 cm³/mol. The molecule has 158 valence electrons. The van der Waals surface area contributed by atoms with E-state index in [0.29, 0.717) is 18.2 Å². The van der Waals surface area contributed by atoms with Crippen LogP contribution in [-0.2, 0) is 11.2 Å². The standard InChI is InChI=1S/C23H27FN4OS/c1-15(2)28-14-18(30-23-26-19-8-3-4-9-20(19)27-23)13-21(28)22(29)25-11-10-16-6-5-7-17(24)12-16/h3-9,12,15,18,21H,10-11,13-14H2,1-2H3,(H,25,29)(H,26,27)/t18-,21-/m0/s1. The fraction of sp³-hybridized carbons (Fsp3) is 0.391. The summed E-state index contributed by atoms with van der Waals surface area (Å²) in [5.41, 5.74) is 2.89. The van der Waals surface area contributed by atoms with Crippen LogP contribution in [0.5, 0.6) is 0 Å². The molecule has 0 aliphatic carbocycles. The first-order valence-electron chi connectivity index (χ1n) is 10.4. The number of rotatable bonds is 7. The van der Waals surface area contributed by atoms with Gasteiger partial charge in [-0.1, -0.05) is 36.0 Å². The molecule has 0 saturated carbocycles. The van der Waals surface area contributed by atoms with Gasteiger partial charge in [0, 0.05) is 24.4 Å². The number of likely N-dealkylation sites (tertiary alicyclic amines) is 1. The topological polar surface area (TPSA) is 61.0 Å². The zero-order valence-electron chi connectivity index (χ0n) is 17.3. The molecule has 2 heterocycles. The molecule has 1 saturated heterocycles. The van der Waals surface area contributed by atoms with E-state index in [-0.39, 0.29) is 23.8 Å². The lowest BCUT2D eigenvalue weighted by Crippen LogP contribution is -2.46. The number of para-hydroxylation sites is 2. The van der Waals surface area contributed by atoms with Gasteiger partial charge in [-0.05, 0) is 56.5 Å². The Kier molecular flexibility index (Phi) is 6.39. The minimum absolute atomic E-state index is 0.0489. The number of nitrogens with zero attached hydrogens (tertiary/aromatic N) is 2. The average Bonchev–Trinajstić information content (AvgIpc) is 3.32. The number of amides is 1. The first kappa shape index (κ1) is 20.9. The summed E-state index contributed by atoms with van der Waals surface area (Å²) in [6.07, 6.45) is 1.40. The van der Waals surface area contributed by atoms with Gasteiger partial charge in [-0.2, -0.15) is 0 Å². The summed E-state index contributed by atoms with van der Waals surface area (Å²) in [6, 6.07) is 14.7. The monoisotopic (exact) mass is 426 g/mol. The SMILES string of the molecule is CC(C)N1C[C@@H](Sc2nc3ccccc3[nH]2)C[C@H]1C(=O)NCCc1cccc(F)c1. The molecule has 0 unspecified atom stereocenters. The number of fused-ring (bicyclic) bond motifs is 1. The number of hydrogen-bond acceptors (Lipinski definition) is 4. The maximum atomic E-state index is 13.3. The molecule has 1 aromatic heterocycles. The summed E-state index contributed by atoms with van der Waals surface area (Å²) in [5.74, 6) is -0.195. The highest BCUT2D eigenvalue weighted by molar-refractivity contribution is 7.99. The lowest BCUT2D eigenvalue weighted by Gasteiger charge is -2.27. The smallest absolute Gasteiger partial charge is 0.237 e. The number of aromatic nitrogens is 2. The van der Waals surface area contributed by atoms with Gasteiger partial charge in [0.2, 0.25) is 5.91 Å². The van der Waals surface area contributed by atoms with Crippen LogP contribution in [0, 0.1) is 5.82 Å². The van der Waals surface area contributed by atoms with Crippen molar-refractivity contribution in [3.8, 4) is 0 Å². The van der Waals surface area contributed by atoms with Crippen molar-refractivity contribution in [1.29, 1.82) is 0 Å². The van der Waals surface area contributed by atoms with Crippen molar-refractivity contribution in [2.24, 2.45) is 0 Å². The second kappa shape index (κ2) is 9.18. The Hall–Kier alpha value is -2.38. The zero-order valence-corrected chi connectivity index (χ0v) is 18.1. The highest BCUT2D eigenvalue weighted by Gasteiger charge is 2.38. The molecule has 5 nitrogen and oxygen atoms in total. The van der Waals surface area contributed by atoms with E-state index in [1.54, 1.807) is 17.8 Å². The van der Waals surface area contributed by atoms with E-state index >= 15 is 0 Å². The number of hydrogen-bond donors (Lipinski definition) is 2. The van der Waals surface area contributed by atoms with Crippen LogP contribution in [0.2, 0.25) is 0 Å². The number of thioether (sulfide) groups is 1. The van der Waals surface area contributed by atoms with Gasteiger partial charge in [-0.15, -0.1) is 0 Å². The van der Waals surface area contributed by atoms with Crippen molar-refractivity contribution in [2.75, 3.05) is 13.1 Å². The third-order valence-corrected chi connectivity index (χ3v) is 6.61. The molecule has 3 aromatic rings.